The smallest absolute Gasteiger partial charge is 0.122 e. The maximum atomic E-state index is 5.40. The van der Waals surface area contributed by atoms with Gasteiger partial charge >= 0.3 is 0 Å². The van der Waals surface area contributed by atoms with E-state index in [9.17, 15) is 0 Å². The third-order valence-electron chi connectivity index (χ3n) is 3.62. The molecule has 2 heteroatoms. The van der Waals surface area contributed by atoms with E-state index in [1.807, 2.05) is 12.1 Å². The highest BCUT2D eigenvalue weighted by atomic mass is 16.5. The van der Waals surface area contributed by atoms with Crippen LogP contribution in [0.2, 0.25) is 0 Å². The van der Waals surface area contributed by atoms with E-state index in [0.717, 1.165) is 18.7 Å². The van der Waals surface area contributed by atoms with Crippen LogP contribution in [-0.2, 0) is 13.0 Å². The summed E-state index contributed by atoms with van der Waals surface area (Å²) in [6.45, 7) is 5.27. The van der Waals surface area contributed by atoms with Gasteiger partial charge in [0.05, 0.1) is 7.11 Å². The molecule has 0 radical (unpaired) electrons. The number of nitrogens with one attached hydrogen (secondary N) is 1. The molecular weight excluding hydrogens is 246 g/mol. The van der Waals surface area contributed by atoms with Crippen LogP contribution in [0.3, 0.4) is 0 Å². The van der Waals surface area contributed by atoms with Crippen molar-refractivity contribution < 1.29 is 4.74 Å². The van der Waals surface area contributed by atoms with Gasteiger partial charge in [0, 0.05) is 12.6 Å². The largest absolute Gasteiger partial charge is 0.496 e. The van der Waals surface area contributed by atoms with Crippen molar-refractivity contribution in [1.29, 1.82) is 0 Å². The summed E-state index contributed by atoms with van der Waals surface area (Å²) in [4.78, 5) is 0. The molecule has 20 heavy (non-hydrogen) atoms. The quantitative estimate of drug-likeness (QED) is 0.863. The van der Waals surface area contributed by atoms with Crippen molar-refractivity contribution in [3.05, 3.63) is 65.2 Å². The summed E-state index contributed by atoms with van der Waals surface area (Å²) in [7, 11) is 1.73. The molecule has 0 aromatic heterocycles. The van der Waals surface area contributed by atoms with Gasteiger partial charge in [0.2, 0.25) is 0 Å². The van der Waals surface area contributed by atoms with E-state index in [0.29, 0.717) is 6.04 Å². The second kappa shape index (κ2) is 7.11. The van der Waals surface area contributed by atoms with Crippen LogP contribution < -0.4 is 10.1 Å². The molecule has 2 aromatic rings. The van der Waals surface area contributed by atoms with Crippen LogP contribution in [0, 0.1) is 6.92 Å². The molecule has 1 atom stereocenters. The zero-order valence-corrected chi connectivity index (χ0v) is 12.5. The van der Waals surface area contributed by atoms with Gasteiger partial charge in [0.1, 0.15) is 5.75 Å². The average Bonchev–Trinajstić information content (AvgIpc) is 2.47. The van der Waals surface area contributed by atoms with Crippen molar-refractivity contribution in [1.82, 2.24) is 5.32 Å². The lowest BCUT2D eigenvalue weighted by Gasteiger charge is -2.16. The van der Waals surface area contributed by atoms with E-state index in [2.05, 4.69) is 55.6 Å². The average molecular weight is 269 g/mol. The molecule has 0 saturated heterocycles. The summed E-state index contributed by atoms with van der Waals surface area (Å²) >= 11 is 0. The minimum atomic E-state index is 0.408. The minimum absolute atomic E-state index is 0.408. The molecule has 0 heterocycles. The molecule has 0 saturated carbocycles. The molecule has 0 fully saturated rings. The summed E-state index contributed by atoms with van der Waals surface area (Å²) < 4.78 is 5.40. The van der Waals surface area contributed by atoms with Gasteiger partial charge in [-0.05, 0) is 43.0 Å². The van der Waals surface area contributed by atoms with E-state index in [4.69, 9.17) is 4.74 Å². The molecule has 1 unspecified atom stereocenters. The Kier molecular flexibility index (Phi) is 5.19. The Bertz CT molecular complexity index is 551. The molecule has 106 valence electrons. The predicted molar refractivity (Wildman–Crippen MR) is 84.2 cm³/mol. The topological polar surface area (TPSA) is 21.3 Å². The highest BCUT2D eigenvalue weighted by Crippen LogP contribution is 2.19. The van der Waals surface area contributed by atoms with Crippen LogP contribution in [0.5, 0.6) is 5.75 Å². The second-order valence-electron chi connectivity index (χ2n) is 5.22. The fourth-order valence-corrected chi connectivity index (χ4v) is 2.37. The zero-order valence-electron chi connectivity index (χ0n) is 12.5. The van der Waals surface area contributed by atoms with Crippen molar-refractivity contribution in [2.75, 3.05) is 7.11 Å². The summed E-state index contributed by atoms with van der Waals surface area (Å²) in [6.07, 6.45) is 0.968. The van der Waals surface area contributed by atoms with Gasteiger partial charge in [-0.2, -0.15) is 0 Å². The van der Waals surface area contributed by atoms with E-state index in [1.165, 1.54) is 16.7 Å². The first-order chi connectivity index (χ1) is 9.70. The van der Waals surface area contributed by atoms with Crippen molar-refractivity contribution in [2.24, 2.45) is 0 Å². The zero-order chi connectivity index (χ0) is 14.4. The lowest BCUT2D eigenvalue weighted by molar-refractivity contribution is 0.406. The Labute approximate surface area is 121 Å². The Morgan fingerprint density at radius 3 is 2.35 bits per heavy atom. The van der Waals surface area contributed by atoms with Gasteiger partial charge in [-0.3, -0.25) is 0 Å². The Balaban J connectivity index is 1.93. The fraction of sp³-hybridized carbons (Fsp3) is 0.333. The lowest BCUT2D eigenvalue weighted by atomic mass is 10.0. The Hall–Kier alpha value is -1.80. The van der Waals surface area contributed by atoms with Crippen LogP contribution in [-0.4, -0.2) is 13.2 Å². The van der Waals surface area contributed by atoms with Crippen molar-refractivity contribution in [2.45, 2.75) is 32.9 Å². The first-order valence-corrected chi connectivity index (χ1v) is 7.10. The number of ether oxygens (including phenoxy) is 1. The van der Waals surface area contributed by atoms with Gasteiger partial charge in [-0.25, -0.2) is 0 Å². The van der Waals surface area contributed by atoms with Crippen LogP contribution in [0.4, 0.5) is 0 Å². The maximum absolute atomic E-state index is 5.40. The number of benzene rings is 2. The first-order valence-electron chi connectivity index (χ1n) is 7.10. The minimum Gasteiger partial charge on any atom is -0.496 e. The first kappa shape index (κ1) is 14.6. The molecule has 0 spiro atoms. The molecule has 0 aliphatic heterocycles. The van der Waals surface area contributed by atoms with Gasteiger partial charge < -0.3 is 10.1 Å². The summed E-state index contributed by atoms with van der Waals surface area (Å²) in [6, 6.07) is 17.1. The lowest BCUT2D eigenvalue weighted by Crippen LogP contribution is -2.28. The number of hydrogen-bond donors (Lipinski definition) is 1. The molecule has 0 aliphatic carbocycles. The van der Waals surface area contributed by atoms with Gasteiger partial charge in [-0.1, -0.05) is 42.5 Å². The van der Waals surface area contributed by atoms with Gasteiger partial charge in [0.15, 0.2) is 0 Å². The normalized spacial score (nSPS) is 12.2. The second-order valence-corrected chi connectivity index (χ2v) is 5.22. The van der Waals surface area contributed by atoms with Crippen molar-refractivity contribution in [3.8, 4) is 5.75 Å². The van der Waals surface area contributed by atoms with E-state index in [-0.39, 0.29) is 0 Å². The van der Waals surface area contributed by atoms with E-state index in [1.54, 1.807) is 7.11 Å². The SMILES string of the molecule is COc1ccccc1CC(C)NCc1ccccc1C. The van der Waals surface area contributed by atoms with Crippen LogP contribution in [0.1, 0.15) is 23.6 Å². The predicted octanol–water partition coefficient (Wildman–Crippen LogP) is 3.72. The van der Waals surface area contributed by atoms with Crippen LogP contribution in [0.15, 0.2) is 48.5 Å². The number of para-hydroxylation sites is 1. The molecular formula is C18H23NO. The van der Waals surface area contributed by atoms with Crippen LogP contribution >= 0.6 is 0 Å². The van der Waals surface area contributed by atoms with Crippen molar-refractivity contribution >= 4 is 0 Å². The highest BCUT2D eigenvalue weighted by molar-refractivity contribution is 5.33. The molecule has 0 aliphatic rings. The Morgan fingerprint density at radius 1 is 1.00 bits per heavy atom. The molecule has 0 bridgehead atoms. The van der Waals surface area contributed by atoms with Gasteiger partial charge in [0.25, 0.3) is 0 Å². The van der Waals surface area contributed by atoms with E-state index < -0.39 is 0 Å². The number of rotatable bonds is 6. The Morgan fingerprint density at radius 2 is 1.65 bits per heavy atom. The number of aryl methyl sites for hydroxylation is 1. The van der Waals surface area contributed by atoms with E-state index >= 15 is 0 Å². The fourth-order valence-electron chi connectivity index (χ4n) is 2.37. The standard InChI is InChI=1S/C18H23NO/c1-14-8-4-5-10-17(14)13-19-15(2)12-16-9-6-7-11-18(16)20-3/h4-11,15,19H,12-13H2,1-3H3. The molecule has 2 nitrogen and oxygen atoms in total. The molecule has 2 rings (SSSR count). The maximum Gasteiger partial charge on any atom is 0.122 e. The highest BCUT2D eigenvalue weighted by Gasteiger charge is 2.08. The van der Waals surface area contributed by atoms with Crippen molar-refractivity contribution in [3.63, 3.8) is 0 Å². The summed E-state index contributed by atoms with van der Waals surface area (Å²) in [5, 5.41) is 3.58. The van der Waals surface area contributed by atoms with Gasteiger partial charge in [-0.15, -0.1) is 0 Å². The molecule has 0 amide bonds. The monoisotopic (exact) mass is 269 g/mol. The van der Waals surface area contributed by atoms with Crippen LogP contribution in [0.25, 0.3) is 0 Å². The number of methoxy groups -OCH3 is 1. The molecule has 2 aromatic carbocycles. The third kappa shape index (κ3) is 3.84. The number of hydrogen-bond acceptors (Lipinski definition) is 2. The third-order valence-corrected chi connectivity index (χ3v) is 3.62. The summed E-state index contributed by atoms with van der Waals surface area (Å²) in [5.74, 6) is 0.969. The molecule has 1 N–H and O–H groups in total. The summed E-state index contributed by atoms with van der Waals surface area (Å²) in [5.41, 5.74) is 3.95.